The van der Waals surface area contributed by atoms with Gasteiger partial charge in [0.15, 0.2) is 0 Å². The summed E-state index contributed by atoms with van der Waals surface area (Å²) in [4.78, 5) is 15.9. The van der Waals surface area contributed by atoms with Gasteiger partial charge in [-0.25, -0.2) is 5.43 Å². The lowest BCUT2D eigenvalue weighted by atomic mass is 10.1. The molecule has 1 heterocycles. The van der Waals surface area contributed by atoms with Gasteiger partial charge in [-0.2, -0.15) is 5.10 Å². The number of hydrogen-bond donors (Lipinski definition) is 1. The Morgan fingerprint density at radius 1 is 1.25 bits per heavy atom. The van der Waals surface area contributed by atoms with Gasteiger partial charge in [0.2, 0.25) is 0 Å². The third-order valence-corrected chi connectivity index (χ3v) is 2.94. The highest BCUT2D eigenvalue weighted by Gasteiger charge is 2.03. The first kappa shape index (κ1) is 13.9. The monoisotopic (exact) mass is 267 g/mol. The summed E-state index contributed by atoms with van der Waals surface area (Å²) >= 11 is 0. The predicted molar refractivity (Wildman–Crippen MR) is 79.9 cm³/mol. The quantitative estimate of drug-likeness (QED) is 0.684. The van der Waals surface area contributed by atoms with Crippen LogP contribution in [0.4, 0.5) is 0 Å². The standard InChI is InChI=1S/C16H17N3O/c1-3-13-5-7-14(8-6-13)10-18-19-16(20)15-9-4-12(2)17-11-15/h4-11H,3H2,1-2H3,(H,19,20)/b18-10+. The molecule has 0 aliphatic carbocycles. The van der Waals surface area contributed by atoms with Crippen LogP contribution in [0.1, 0.15) is 34.1 Å². The van der Waals surface area contributed by atoms with E-state index in [9.17, 15) is 4.79 Å². The molecule has 0 fully saturated rings. The Hall–Kier alpha value is -2.49. The van der Waals surface area contributed by atoms with E-state index in [0.717, 1.165) is 17.7 Å². The zero-order chi connectivity index (χ0) is 14.4. The third kappa shape index (κ3) is 3.75. The fourth-order valence-electron chi connectivity index (χ4n) is 1.67. The van der Waals surface area contributed by atoms with Crippen molar-refractivity contribution in [2.45, 2.75) is 20.3 Å². The zero-order valence-electron chi connectivity index (χ0n) is 11.6. The summed E-state index contributed by atoms with van der Waals surface area (Å²) in [6.07, 6.45) is 4.17. The molecule has 0 unspecified atom stereocenters. The molecule has 0 saturated carbocycles. The fraction of sp³-hybridized carbons (Fsp3) is 0.188. The van der Waals surface area contributed by atoms with Gasteiger partial charge in [-0.3, -0.25) is 9.78 Å². The molecule has 0 aliphatic rings. The maximum Gasteiger partial charge on any atom is 0.272 e. The maximum atomic E-state index is 11.8. The molecular formula is C16H17N3O. The van der Waals surface area contributed by atoms with Crippen molar-refractivity contribution in [1.82, 2.24) is 10.4 Å². The molecule has 2 aromatic rings. The van der Waals surface area contributed by atoms with Crippen molar-refractivity contribution in [3.63, 3.8) is 0 Å². The van der Waals surface area contributed by atoms with Crippen molar-refractivity contribution in [2.75, 3.05) is 0 Å². The van der Waals surface area contributed by atoms with E-state index in [1.54, 1.807) is 18.3 Å². The van der Waals surface area contributed by atoms with Crippen molar-refractivity contribution in [3.8, 4) is 0 Å². The summed E-state index contributed by atoms with van der Waals surface area (Å²) in [7, 11) is 0. The van der Waals surface area contributed by atoms with Crippen LogP contribution in [0.25, 0.3) is 0 Å². The number of pyridine rings is 1. The van der Waals surface area contributed by atoms with Crippen LogP contribution >= 0.6 is 0 Å². The van der Waals surface area contributed by atoms with E-state index < -0.39 is 0 Å². The van der Waals surface area contributed by atoms with Gasteiger partial charge < -0.3 is 0 Å². The van der Waals surface area contributed by atoms with E-state index in [2.05, 4.69) is 22.4 Å². The number of nitrogens with zero attached hydrogens (tertiary/aromatic N) is 2. The summed E-state index contributed by atoms with van der Waals surface area (Å²) in [5, 5.41) is 3.94. The third-order valence-electron chi connectivity index (χ3n) is 2.94. The first-order valence-corrected chi connectivity index (χ1v) is 6.54. The van der Waals surface area contributed by atoms with Gasteiger partial charge in [0.1, 0.15) is 0 Å². The van der Waals surface area contributed by atoms with Crippen LogP contribution in [0.3, 0.4) is 0 Å². The number of hydrogen-bond acceptors (Lipinski definition) is 3. The topological polar surface area (TPSA) is 54.4 Å². The van der Waals surface area contributed by atoms with Crippen molar-refractivity contribution >= 4 is 12.1 Å². The van der Waals surface area contributed by atoms with E-state index in [1.807, 2.05) is 31.2 Å². The number of benzene rings is 1. The maximum absolute atomic E-state index is 11.8. The molecular weight excluding hydrogens is 250 g/mol. The average molecular weight is 267 g/mol. The lowest BCUT2D eigenvalue weighted by Crippen LogP contribution is -2.17. The minimum Gasteiger partial charge on any atom is -0.267 e. The lowest BCUT2D eigenvalue weighted by Gasteiger charge is -2.00. The number of amides is 1. The van der Waals surface area contributed by atoms with Gasteiger partial charge in [0.25, 0.3) is 5.91 Å². The van der Waals surface area contributed by atoms with Crippen molar-refractivity contribution in [1.29, 1.82) is 0 Å². The molecule has 1 aromatic heterocycles. The predicted octanol–water partition coefficient (Wildman–Crippen LogP) is 2.72. The van der Waals surface area contributed by atoms with Gasteiger partial charge >= 0.3 is 0 Å². The van der Waals surface area contributed by atoms with Gasteiger partial charge in [-0.15, -0.1) is 0 Å². The number of hydrazone groups is 1. The molecule has 4 heteroatoms. The van der Waals surface area contributed by atoms with Crippen LogP contribution in [-0.2, 0) is 6.42 Å². The highest BCUT2D eigenvalue weighted by Crippen LogP contribution is 2.03. The van der Waals surface area contributed by atoms with E-state index in [1.165, 1.54) is 11.8 Å². The Labute approximate surface area is 118 Å². The summed E-state index contributed by atoms with van der Waals surface area (Å²) in [5.74, 6) is -0.265. The SMILES string of the molecule is CCc1ccc(/C=N/NC(=O)c2ccc(C)nc2)cc1. The summed E-state index contributed by atoms with van der Waals surface area (Å²) in [6.45, 7) is 3.98. The molecule has 0 bridgehead atoms. The Kier molecular flexibility index (Phi) is 4.60. The molecule has 0 atom stereocenters. The second-order valence-electron chi connectivity index (χ2n) is 4.48. The van der Waals surface area contributed by atoms with Crippen molar-refractivity contribution in [2.24, 2.45) is 5.10 Å². The number of nitrogens with one attached hydrogen (secondary N) is 1. The first-order valence-electron chi connectivity index (χ1n) is 6.54. The molecule has 0 spiro atoms. The van der Waals surface area contributed by atoms with E-state index in [4.69, 9.17) is 0 Å². The van der Waals surface area contributed by atoms with Crippen LogP contribution in [0.5, 0.6) is 0 Å². The van der Waals surface area contributed by atoms with Crippen LogP contribution in [0, 0.1) is 6.92 Å². The molecule has 102 valence electrons. The highest BCUT2D eigenvalue weighted by molar-refractivity contribution is 5.94. The number of carbonyl (C=O) groups excluding carboxylic acids is 1. The first-order chi connectivity index (χ1) is 9.69. The second kappa shape index (κ2) is 6.61. The molecule has 0 saturated heterocycles. The van der Waals surface area contributed by atoms with Gasteiger partial charge in [0.05, 0.1) is 11.8 Å². The Bertz CT molecular complexity index is 601. The molecule has 0 radical (unpaired) electrons. The summed E-state index contributed by atoms with van der Waals surface area (Å²) in [6, 6.07) is 11.6. The summed E-state index contributed by atoms with van der Waals surface area (Å²) in [5.41, 5.74) is 6.08. The Morgan fingerprint density at radius 3 is 2.60 bits per heavy atom. The molecule has 1 amide bonds. The van der Waals surface area contributed by atoms with Crippen LogP contribution < -0.4 is 5.43 Å². The number of carbonyl (C=O) groups is 1. The number of aryl methyl sites for hydroxylation is 2. The molecule has 1 N–H and O–H groups in total. The van der Waals surface area contributed by atoms with Gasteiger partial charge in [-0.05, 0) is 36.6 Å². The largest absolute Gasteiger partial charge is 0.272 e. The normalized spacial score (nSPS) is 10.7. The number of aromatic nitrogens is 1. The van der Waals surface area contributed by atoms with Gasteiger partial charge in [0, 0.05) is 11.9 Å². The minimum absolute atomic E-state index is 0.265. The molecule has 1 aromatic carbocycles. The molecule has 2 rings (SSSR count). The second-order valence-corrected chi connectivity index (χ2v) is 4.48. The van der Waals surface area contributed by atoms with Crippen LogP contribution in [0.2, 0.25) is 0 Å². The minimum atomic E-state index is -0.265. The zero-order valence-corrected chi connectivity index (χ0v) is 11.6. The Balaban J connectivity index is 1.95. The molecule has 4 nitrogen and oxygen atoms in total. The van der Waals surface area contributed by atoms with Crippen molar-refractivity contribution in [3.05, 3.63) is 65.0 Å². The van der Waals surface area contributed by atoms with Crippen molar-refractivity contribution < 1.29 is 4.79 Å². The van der Waals surface area contributed by atoms with Gasteiger partial charge in [-0.1, -0.05) is 31.2 Å². The van der Waals surface area contributed by atoms with Crippen LogP contribution in [-0.4, -0.2) is 17.1 Å². The highest BCUT2D eigenvalue weighted by atomic mass is 16.2. The van der Waals surface area contributed by atoms with E-state index in [-0.39, 0.29) is 5.91 Å². The fourth-order valence-corrected chi connectivity index (χ4v) is 1.67. The van der Waals surface area contributed by atoms with Crippen LogP contribution in [0.15, 0.2) is 47.7 Å². The lowest BCUT2D eigenvalue weighted by molar-refractivity contribution is 0.0955. The molecule has 20 heavy (non-hydrogen) atoms. The van der Waals surface area contributed by atoms with E-state index >= 15 is 0 Å². The average Bonchev–Trinajstić information content (AvgIpc) is 2.48. The van der Waals surface area contributed by atoms with E-state index in [0.29, 0.717) is 5.56 Å². The number of rotatable bonds is 4. The summed E-state index contributed by atoms with van der Waals surface area (Å²) < 4.78 is 0. The Morgan fingerprint density at radius 2 is 2.00 bits per heavy atom. The smallest absolute Gasteiger partial charge is 0.267 e. The molecule has 0 aliphatic heterocycles.